The number of benzene rings is 1. The minimum Gasteiger partial charge on any atom is -0.508 e. The summed E-state index contributed by atoms with van der Waals surface area (Å²) in [5.41, 5.74) is 6.38. The van der Waals surface area contributed by atoms with Gasteiger partial charge in [-0.1, -0.05) is 32.9 Å². The topological polar surface area (TPSA) is 115 Å². The molecule has 33 heavy (non-hydrogen) atoms. The molecule has 0 bridgehead atoms. The Morgan fingerprint density at radius 1 is 1.36 bits per heavy atom. The number of aryl methyl sites for hydroxylation is 1. The maximum Gasteiger partial charge on any atom is 0.310 e. The number of amides is 2. The Morgan fingerprint density at radius 3 is 2.67 bits per heavy atom. The molecule has 1 aliphatic heterocycles. The standard InChI is InChI=1S/C23H31N5O4S/c1-14-20(33-13-24-14)16-8-9-17(18(30)11-16)12-25-28(32)19-7-6-10-27(19)22(31)21(23(3,4)5)26-15(2)29/h8-9,11,13,19,21H,6-7,10,12H2,1-5H3,(H2-,25,26,29,30,32)/p+1/t19?,21-/m1/s1. The highest BCUT2D eigenvalue weighted by Crippen LogP contribution is 2.31. The number of rotatable bonds is 7. The van der Waals surface area contributed by atoms with Gasteiger partial charge in [-0.2, -0.15) is 0 Å². The maximum atomic E-state index is 13.2. The first kappa shape index (κ1) is 24.6. The van der Waals surface area contributed by atoms with Crippen LogP contribution in [0.2, 0.25) is 0 Å². The zero-order chi connectivity index (χ0) is 24.3. The fourth-order valence-electron chi connectivity index (χ4n) is 3.97. The van der Waals surface area contributed by atoms with E-state index in [1.807, 2.05) is 33.8 Å². The van der Waals surface area contributed by atoms with Gasteiger partial charge in [0.25, 0.3) is 5.91 Å². The number of aromatic hydroxyl groups is 1. The van der Waals surface area contributed by atoms with Crippen LogP contribution >= 0.6 is 11.3 Å². The fraction of sp³-hybridized carbons (Fsp3) is 0.522. The first-order chi connectivity index (χ1) is 15.5. The summed E-state index contributed by atoms with van der Waals surface area (Å²) < 4.78 is 0. The predicted molar refractivity (Wildman–Crippen MR) is 126 cm³/mol. The lowest BCUT2D eigenvalue weighted by Gasteiger charge is -2.33. The van der Waals surface area contributed by atoms with Crippen molar-refractivity contribution >= 4 is 23.2 Å². The Morgan fingerprint density at radius 2 is 2.09 bits per heavy atom. The van der Waals surface area contributed by atoms with Crippen molar-refractivity contribution in [3.05, 3.63) is 39.9 Å². The van der Waals surface area contributed by atoms with Crippen LogP contribution < -0.4 is 10.7 Å². The number of hydrogen-bond acceptors (Lipinski definition) is 6. The number of hydrogen-bond donors (Lipinski definition) is 3. The molecule has 2 aromatic rings. The molecule has 10 heteroatoms. The third kappa shape index (κ3) is 5.68. The molecule has 2 amide bonds. The van der Waals surface area contributed by atoms with Gasteiger partial charge < -0.3 is 10.4 Å². The normalized spacial score (nSPS) is 17.0. The van der Waals surface area contributed by atoms with Crippen LogP contribution in [0.3, 0.4) is 0 Å². The molecule has 2 heterocycles. The van der Waals surface area contributed by atoms with Gasteiger partial charge in [0.05, 0.1) is 21.0 Å². The highest BCUT2D eigenvalue weighted by Gasteiger charge is 2.45. The van der Waals surface area contributed by atoms with Crippen molar-refractivity contribution < 1.29 is 19.6 Å². The van der Waals surface area contributed by atoms with Crippen LogP contribution in [0.5, 0.6) is 5.75 Å². The van der Waals surface area contributed by atoms with Crippen molar-refractivity contribution in [2.24, 2.45) is 5.41 Å². The fourth-order valence-corrected chi connectivity index (χ4v) is 4.77. The number of likely N-dealkylation sites (tertiary alicyclic amines) is 1. The Balaban J connectivity index is 1.68. The second-order valence-corrected chi connectivity index (χ2v) is 10.3. The van der Waals surface area contributed by atoms with E-state index in [0.717, 1.165) is 16.1 Å². The third-order valence-corrected chi connectivity index (χ3v) is 6.73. The Kier molecular flexibility index (Phi) is 7.36. The quantitative estimate of drug-likeness (QED) is 0.420. The summed E-state index contributed by atoms with van der Waals surface area (Å²) in [5.74, 6) is -0.474. The molecule has 1 aliphatic rings. The molecule has 2 atom stereocenters. The van der Waals surface area contributed by atoms with Gasteiger partial charge in [0.2, 0.25) is 5.91 Å². The molecule has 0 radical (unpaired) electrons. The molecule has 3 rings (SSSR count). The van der Waals surface area contributed by atoms with Gasteiger partial charge in [0.15, 0.2) is 0 Å². The Bertz CT molecular complexity index is 1050. The third-order valence-electron chi connectivity index (χ3n) is 5.75. The van der Waals surface area contributed by atoms with E-state index in [-0.39, 0.29) is 24.1 Å². The van der Waals surface area contributed by atoms with Crippen LogP contribution in [-0.4, -0.2) is 50.4 Å². The van der Waals surface area contributed by atoms with E-state index in [1.54, 1.807) is 17.6 Å². The smallest absolute Gasteiger partial charge is 0.310 e. The first-order valence-corrected chi connectivity index (χ1v) is 11.9. The monoisotopic (exact) mass is 474 g/mol. The van der Waals surface area contributed by atoms with Crippen molar-refractivity contribution in [3.8, 4) is 16.2 Å². The van der Waals surface area contributed by atoms with Gasteiger partial charge in [-0.05, 0) is 30.4 Å². The van der Waals surface area contributed by atoms with Crippen LogP contribution in [0.15, 0.2) is 23.7 Å². The number of carbonyl (C=O) groups is 2. The van der Waals surface area contributed by atoms with E-state index in [1.165, 1.54) is 23.2 Å². The summed E-state index contributed by atoms with van der Waals surface area (Å²) in [7, 11) is 0. The molecule has 1 aromatic carbocycles. The van der Waals surface area contributed by atoms with E-state index >= 15 is 0 Å². The highest BCUT2D eigenvalue weighted by molar-refractivity contribution is 7.13. The summed E-state index contributed by atoms with van der Waals surface area (Å²) in [6.07, 6.45) is 0.536. The summed E-state index contributed by atoms with van der Waals surface area (Å²) in [6, 6.07) is 4.60. The molecule has 1 fully saturated rings. The van der Waals surface area contributed by atoms with Gasteiger partial charge in [0.1, 0.15) is 23.2 Å². The van der Waals surface area contributed by atoms with E-state index in [4.69, 9.17) is 0 Å². The van der Waals surface area contributed by atoms with Gasteiger partial charge >= 0.3 is 6.17 Å². The second-order valence-electron chi connectivity index (χ2n) is 9.43. The zero-order valence-electron chi connectivity index (χ0n) is 19.7. The Labute approximate surface area is 197 Å². The lowest BCUT2D eigenvalue weighted by atomic mass is 9.85. The number of nitrogens with zero attached hydrogens (tertiary/aromatic N) is 3. The molecule has 0 saturated carbocycles. The molecular formula is C23H32N5O4S+. The van der Waals surface area contributed by atoms with E-state index in [0.29, 0.717) is 29.8 Å². The van der Waals surface area contributed by atoms with E-state index < -0.39 is 17.6 Å². The maximum absolute atomic E-state index is 13.2. The molecular weight excluding hydrogens is 442 g/mol. The van der Waals surface area contributed by atoms with Crippen LogP contribution in [0.4, 0.5) is 0 Å². The van der Waals surface area contributed by atoms with Crippen LogP contribution in [0.1, 0.15) is 51.8 Å². The minimum atomic E-state index is -0.726. The Hall–Kier alpha value is -3.01. The number of thiazole rings is 1. The summed E-state index contributed by atoms with van der Waals surface area (Å²) in [4.78, 5) is 45.2. The van der Waals surface area contributed by atoms with Crippen molar-refractivity contribution in [1.29, 1.82) is 0 Å². The van der Waals surface area contributed by atoms with Gasteiger partial charge in [-0.3, -0.25) is 14.5 Å². The number of phenols is 1. The number of carbonyl (C=O) groups excluding carboxylic acids is 2. The molecule has 0 spiro atoms. The predicted octanol–water partition coefficient (Wildman–Crippen LogP) is 3.11. The number of nitroso groups, excluding NO2 is 1. The van der Waals surface area contributed by atoms with Gasteiger partial charge in [-0.25, -0.2) is 4.98 Å². The minimum absolute atomic E-state index is 0.0824. The van der Waals surface area contributed by atoms with Gasteiger partial charge in [0, 0.05) is 25.5 Å². The number of nitrogens with one attached hydrogen (secondary N) is 2. The van der Waals surface area contributed by atoms with Gasteiger partial charge in [-0.15, -0.1) is 16.8 Å². The molecule has 3 N–H and O–H groups in total. The number of aromatic nitrogens is 1. The molecule has 1 saturated heterocycles. The summed E-state index contributed by atoms with van der Waals surface area (Å²) in [6.45, 7) is 9.49. The molecule has 1 aromatic heterocycles. The largest absolute Gasteiger partial charge is 0.508 e. The molecule has 9 nitrogen and oxygen atoms in total. The average Bonchev–Trinajstić information content (AvgIpc) is 3.38. The lowest BCUT2D eigenvalue weighted by molar-refractivity contribution is -0.657. The first-order valence-electron chi connectivity index (χ1n) is 11.0. The van der Waals surface area contributed by atoms with Crippen molar-refractivity contribution in [3.63, 3.8) is 0 Å². The highest BCUT2D eigenvalue weighted by atomic mass is 32.1. The summed E-state index contributed by atoms with van der Waals surface area (Å²) >= 11 is 1.50. The van der Waals surface area contributed by atoms with Crippen LogP contribution in [0, 0.1) is 17.2 Å². The SMILES string of the molecule is CC(=O)N[C@H](C(=O)N1CCCC1[N+](=O)NCc1ccc(-c2scnc2C)cc1O)C(C)(C)C. The second kappa shape index (κ2) is 9.86. The van der Waals surface area contributed by atoms with E-state index in [2.05, 4.69) is 15.7 Å². The van der Waals surface area contributed by atoms with Crippen LogP contribution in [-0.2, 0) is 16.1 Å². The zero-order valence-corrected chi connectivity index (χ0v) is 20.5. The van der Waals surface area contributed by atoms with Crippen LogP contribution in [0.25, 0.3) is 10.4 Å². The van der Waals surface area contributed by atoms with Crippen molar-refractivity contribution in [2.75, 3.05) is 6.54 Å². The average molecular weight is 475 g/mol. The lowest BCUT2D eigenvalue weighted by Crippen LogP contribution is -2.57. The molecule has 1 unspecified atom stereocenters. The molecule has 0 aliphatic carbocycles. The van der Waals surface area contributed by atoms with E-state index in [9.17, 15) is 19.6 Å². The molecule has 178 valence electrons. The number of phenolic OH excluding ortho intramolecular Hbond substituents is 1. The van der Waals surface area contributed by atoms with Crippen molar-refractivity contribution in [2.45, 2.75) is 66.2 Å². The summed E-state index contributed by atoms with van der Waals surface area (Å²) in [5, 5.41) is 13.2. The number of hydrazine groups is 1. The van der Waals surface area contributed by atoms with Crippen molar-refractivity contribution in [1.82, 2.24) is 20.6 Å².